The third-order valence-electron chi connectivity index (χ3n) is 4.31. The standard InChI is InChI=1S/C25H48N2O7/c1-23(2,3)32-20(29)10-13-26(14-11-21(30)33-24(4,5)6)16-17-27(18-19-28)15-12-22(31)34-25(7,8)9/h28H,10-19H2,1-9H3. The molecule has 200 valence electrons. The molecule has 0 aromatic rings. The zero-order valence-electron chi connectivity index (χ0n) is 22.9. The minimum absolute atomic E-state index is 0.0376. The number of esters is 3. The molecule has 0 aromatic heterocycles. The number of rotatable bonds is 14. The van der Waals surface area contributed by atoms with E-state index in [1.165, 1.54) is 0 Å². The van der Waals surface area contributed by atoms with Crippen molar-refractivity contribution >= 4 is 17.9 Å². The van der Waals surface area contributed by atoms with E-state index in [-0.39, 0.29) is 43.8 Å². The fourth-order valence-electron chi connectivity index (χ4n) is 3.02. The summed E-state index contributed by atoms with van der Waals surface area (Å²) in [4.78, 5) is 40.4. The van der Waals surface area contributed by atoms with Gasteiger partial charge in [-0.3, -0.25) is 19.3 Å². The van der Waals surface area contributed by atoms with Gasteiger partial charge in [0.2, 0.25) is 0 Å². The molecule has 0 heterocycles. The SMILES string of the molecule is CC(C)(C)OC(=O)CCN(CCO)CCN(CCC(=O)OC(C)(C)C)CCC(=O)OC(C)(C)C. The number of ether oxygens (including phenoxy) is 3. The Morgan fingerprint density at radius 3 is 1.03 bits per heavy atom. The second-order valence-corrected chi connectivity index (χ2v) is 11.4. The Morgan fingerprint density at radius 1 is 0.529 bits per heavy atom. The largest absolute Gasteiger partial charge is 0.460 e. The summed E-state index contributed by atoms with van der Waals surface area (Å²) in [5, 5.41) is 9.43. The van der Waals surface area contributed by atoms with Gasteiger partial charge in [0.25, 0.3) is 0 Å². The molecule has 0 fully saturated rings. The molecule has 0 amide bonds. The van der Waals surface area contributed by atoms with Crippen LogP contribution in [0, 0.1) is 0 Å². The summed E-state index contributed by atoms with van der Waals surface area (Å²) in [6.45, 7) is 19.2. The number of nitrogens with zero attached hydrogens (tertiary/aromatic N) is 2. The Morgan fingerprint density at radius 2 is 0.794 bits per heavy atom. The molecule has 0 saturated heterocycles. The van der Waals surface area contributed by atoms with Gasteiger partial charge in [-0.15, -0.1) is 0 Å². The number of hydrogen-bond acceptors (Lipinski definition) is 9. The molecule has 0 spiro atoms. The highest BCUT2D eigenvalue weighted by Crippen LogP contribution is 2.11. The van der Waals surface area contributed by atoms with E-state index in [1.54, 1.807) is 0 Å². The molecule has 0 saturated carbocycles. The van der Waals surface area contributed by atoms with Crippen LogP contribution in [0.4, 0.5) is 0 Å². The molecule has 0 unspecified atom stereocenters. The fraction of sp³-hybridized carbons (Fsp3) is 0.880. The van der Waals surface area contributed by atoms with Crippen LogP contribution in [0.15, 0.2) is 0 Å². The molecule has 0 atom stereocenters. The van der Waals surface area contributed by atoms with Gasteiger partial charge < -0.3 is 24.2 Å². The van der Waals surface area contributed by atoms with E-state index in [1.807, 2.05) is 72.1 Å². The Kier molecular flexibility index (Phi) is 13.9. The second-order valence-electron chi connectivity index (χ2n) is 11.4. The second kappa shape index (κ2) is 14.6. The summed E-state index contributed by atoms with van der Waals surface area (Å²) in [6, 6.07) is 0. The lowest BCUT2D eigenvalue weighted by molar-refractivity contribution is -0.157. The van der Waals surface area contributed by atoms with Crippen LogP contribution in [0.1, 0.15) is 81.6 Å². The summed E-state index contributed by atoms with van der Waals surface area (Å²) < 4.78 is 16.2. The van der Waals surface area contributed by atoms with Gasteiger partial charge in [-0.05, 0) is 62.3 Å². The van der Waals surface area contributed by atoms with E-state index < -0.39 is 16.8 Å². The lowest BCUT2D eigenvalue weighted by Crippen LogP contribution is -2.40. The summed E-state index contributed by atoms with van der Waals surface area (Å²) in [5.41, 5.74) is -1.66. The van der Waals surface area contributed by atoms with Crippen LogP contribution in [-0.4, -0.2) is 95.5 Å². The van der Waals surface area contributed by atoms with Gasteiger partial charge in [-0.2, -0.15) is 0 Å². The smallest absolute Gasteiger partial charge is 0.307 e. The first-order valence-corrected chi connectivity index (χ1v) is 12.1. The molecule has 9 nitrogen and oxygen atoms in total. The molecule has 0 aliphatic heterocycles. The zero-order chi connectivity index (χ0) is 26.6. The topological polar surface area (TPSA) is 106 Å². The summed E-state index contributed by atoms with van der Waals surface area (Å²) in [6.07, 6.45) is 0.611. The van der Waals surface area contributed by atoms with E-state index in [2.05, 4.69) is 0 Å². The first kappa shape index (κ1) is 32.3. The van der Waals surface area contributed by atoms with E-state index in [0.29, 0.717) is 39.3 Å². The van der Waals surface area contributed by atoms with Gasteiger partial charge in [0, 0.05) is 39.3 Å². The van der Waals surface area contributed by atoms with Crippen molar-refractivity contribution < 1.29 is 33.7 Å². The lowest BCUT2D eigenvalue weighted by atomic mass is 10.2. The van der Waals surface area contributed by atoms with Gasteiger partial charge in [0.1, 0.15) is 16.8 Å². The van der Waals surface area contributed by atoms with Crippen molar-refractivity contribution in [1.82, 2.24) is 9.80 Å². The molecule has 0 rings (SSSR count). The summed E-state index contributed by atoms with van der Waals surface area (Å²) in [5.74, 6) is -0.888. The van der Waals surface area contributed by atoms with Crippen molar-refractivity contribution in [2.75, 3.05) is 45.9 Å². The number of carbonyl (C=O) groups is 3. The number of aliphatic hydroxyl groups is 1. The lowest BCUT2D eigenvalue weighted by Gasteiger charge is -2.28. The first-order valence-electron chi connectivity index (χ1n) is 12.1. The van der Waals surface area contributed by atoms with E-state index in [4.69, 9.17) is 14.2 Å². The zero-order valence-corrected chi connectivity index (χ0v) is 22.9. The van der Waals surface area contributed by atoms with Crippen molar-refractivity contribution in [1.29, 1.82) is 0 Å². The van der Waals surface area contributed by atoms with Gasteiger partial charge >= 0.3 is 17.9 Å². The quantitative estimate of drug-likeness (QED) is 0.292. The molecule has 0 aliphatic carbocycles. The van der Waals surface area contributed by atoms with E-state index in [9.17, 15) is 19.5 Å². The summed E-state index contributed by atoms with van der Waals surface area (Å²) in [7, 11) is 0. The maximum Gasteiger partial charge on any atom is 0.307 e. The molecule has 0 aliphatic rings. The van der Waals surface area contributed by atoms with Crippen LogP contribution in [0.3, 0.4) is 0 Å². The molecular formula is C25H48N2O7. The highest BCUT2D eigenvalue weighted by atomic mass is 16.6. The fourth-order valence-corrected chi connectivity index (χ4v) is 3.02. The van der Waals surface area contributed by atoms with Crippen LogP contribution in [0.25, 0.3) is 0 Å². The maximum absolute atomic E-state index is 12.2. The molecule has 0 radical (unpaired) electrons. The average molecular weight is 489 g/mol. The minimum Gasteiger partial charge on any atom is -0.460 e. The number of aliphatic hydroxyl groups excluding tert-OH is 1. The molecule has 34 heavy (non-hydrogen) atoms. The van der Waals surface area contributed by atoms with Crippen molar-refractivity contribution in [3.05, 3.63) is 0 Å². The average Bonchev–Trinajstić information content (AvgIpc) is 2.60. The normalized spacial score (nSPS) is 12.7. The first-order chi connectivity index (χ1) is 15.4. The van der Waals surface area contributed by atoms with Crippen LogP contribution >= 0.6 is 0 Å². The van der Waals surface area contributed by atoms with Crippen LogP contribution in [0.2, 0.25) is 0 Å². The predicted octanol–water partition coefficient (Wildman–Crippen LogP) is 2.78. The maximum atomic E-state index is 12.2. The summed E-state index contributed by atoms with van der Waals surface area (Å²) >= 11 is 0. The third-order valence-corrected chi connectivity index (χ3v) is 4.31. The minimum atomic E-state index is -0.558. The Hall–Kier alpha value is -1.71. The Bertz CT molecular complexity index is 599. The highest BCUT2D eigenvalue weighted by molar-refractivity contribution is 5.71. The van der Waals surface area contributed by atoms with Crippen molar-refractivity contribution in [2.45, 2.75) is 98.4 Å². The van der Waals surface area contributed by atoms with Crippen molar-refractivity contribution in [3.8, 4) is 0 Å². The van der Waals surface area contributed by atoms with Gasteiger partial charge in [0.15, 0.2) is 0 Å². The predicted molar refractivity (Wildman–Crippen MR) is 131 cm³/mol. The van der Waals surface area contributed by atoms with Crippen molar-refractivity contribution in [3.63, 3.8) is 0 Å². The van der Waals surface area contributed by atoms with E-state index in [0.717, 1.165) is 0 Å². The molecular weight excluding hydrogens is 440 g/mol. The Labute approximate surface area is 206 Å². The van der Waals surface area contributed by atoms with Gasteiger partial charge in [-0.1, -0.05) is 0 Å². The van der Waals surface area contributed by atoms with E-state index >= 15 is 0 Å². The molecule has 9 heteroatoms. The highest BCUT2D eigenvalue weighted by Gasteiger charge is 2.21. The Balaban J connectivity index is 4.96. The molecule has 1 N–H and O–H groups in total. The third kappa shape index (κ3) is 19.7. The van der Waals surface area contributed by atoms with Gasteiger partial charge in [-0.25, -0.2) is 0 Å². The van der Waals surface area contributed by atoms with Crippen LogP contribution in [0.5, 0.6) is 0 Å². The van der Waals surface area contributed by atoms with Crippen molar-refractivity contribution in [2.24, 2.45) is 0 Å². The number of carbonyl (C=O) groups excluding carboxylic acids is 3. The van der Waals surface area contributed by atoms with Crippen LogP contribution < -0.4 is 0 Å². The monoisotopic (exact) mass is 488 g/mol. The molecule has 0 bridgehead atoms. The molecule has 0 aromatic carbocycles. The number of hydrogen-bond donors (Lipinski definition) is 1. The van der Waals surface area contributed by atoms with Crippen LogP contribution in [-0.2, 0) is 28.6 Å². The van der Waals surface area contributed by atoms with Gasteiger partial charge in [0.05, 0.1) is 25.9 Å².